The third-order valence-corrected chi connectivity index (χ3v) is 3.24. The molecular weight excluding hydrogens is 234 g/mol. The number of aryl methyl sites for hydroxylation is 2. The maximum atomic E-state index is 4.43. The summed E-state index contributed by atoms with van der Waals surface area (Å²) < 4.78 is 0. The topological polar surface area (TPSA) is 37.8 Å². The normalized spacial score (nSPS) is 12.2. The Morgan fingerprint density at radius 2 is 1.89 bits per heavy atom. The maximum Gasteiger partial charge on any atom is 0.0835 e. The second-order valence-corrected chi connectivity index (χ2v) is 4.80. The Bertz CT molecular complexity index is 537. The molecule has 0 fully saturated rings. The molecule has 3 nitrogen and oxygen atoms in total. The van der Waals surface area contributed by atoms with Crippen LogP contribution >= 0.6 is 0 Å². The van der Waals surface area contributed by atoms with Crippen LogP contribution < -0.4 is 5.32 Å². The van der Waals surface area contributed by atoms with Gasteiger partial charge in [0.2, 0.25) is 0 Å². The lowest BCUT2D eigenvalue weighted by molar-refractivity contribution is 0.804. The zero-order chi connectivity index (χ0) is 13.7. The fraction of sp³-hybridized carbons (Fsp3) is 0.375. The molecule has 0 saturated heterocycles. The van der Waals surface area contributed by atoms with Crippen LogP contribution in [0.3, 0.4) is 0 Å². The SMILES string of the molecule is CCCc1ccccc1NC(C)c1nccnc1C. The van der Waals surface area contributed by atoms with Crippen LogP contribution in [0.2, 0.25) is 0 Å². The zero-order valence-corrected chi connectivity index (χ0v) is 11.9. The van der Waals surface area contributed by atoms with E-state index in [1.807, 2.05) is 6.92 Å². The number of nitrogens with one attached hydrogen (secondary N) is 1. The predicted molar refractivity (Wildman–Crippen MR) is 79.2 cm³/mol. The first kappa shape index (κ1) is 13.5. The molecule has 1 atom stereocenters. The molecule has 0 spiro atoms. The minimum absolute atomic E-state index is 0.159. The molecule has 0 amide bonds. The zero-order valence-electron chi connectivity index (χ0n) is 11.9. The minimum Gasteiger partial charge on any atom is -0.377 e. The van der Waals surface area contributed by atoms with Crippen LogP contribution in [0, 0.1) is 6.92 Å². The van der Waals surface area contributed by atoms with Crippen LogP contribution in [0.25, 0.3) is 0 Å². The lowest BCUT2D eigenvalue weighted by Gasteiger charge is -2.18. The summed E-state index contributed by atoms with van der Waals surface area (Å²) in [7, 11) is 0. The Morgan fingerprint density at radius 3 is 2.63 bits per heavy atom. The van der Waals surface area contributed by atoms with Crippen molar-refractivity contribution in [1.82, 2.24) is 9.97 Å². The van der Waals surface area contributed by atoms with E-state index in [0.717, 1.165) is 24.2 Å². The van der Waals surface area contributed by atoms with E-state index in [4.69, 9.17) is 0 Å². The quantitative estimate of drug-likeness (QED) is 0.880. The van der Waals surface area contributed by atoms with E-state index in [2.05, 4.69) is 53.4 Å². The average molecular weight is 255 g/mol. The summed E-state index contributed by atoms with van der Waals surface area (Å²) >= 11 is 0. The number of para-hydroxylation sites is 1. The molecule has 0 aliphatic rings. The second-order valence-electron chi connectivity index (χ2n) is 4.80. The average Bonchev–Trinajstić information content (AvgIpc) is 2.41. The highest BCUT2D eigenvalue weighted by Gasteiger charge is 2.11. The molecule has 0 saturated carbocycles. The second kappa shape index (κ2) is 6.32. The van der Waals surface area contributed by atoms with Gasteiger partial charge in [0.25, 0.3) is 0 Å². The number of hydrogen-bond donors (Lipinski definition) is 1. The number of aromatic nitrogens is 2. The molecule has 1 N–H and O–H groups in total. The maximum absolute atomic E-state index is 4.43. The van der Waals surface area contributed by atoms with Crippen LogP contribution in [-0.2, 0) is 6.42 Å². The number of benzene rings is 1. The van der Waals surface area contributed by atoms with Crippen LogP contribution in [-0.4, -0.2) is 9.97 Å². The Morgan fingerprint density at radius 1 is 1.16 bits per heavy atom. The summed E-state index contributed by atoms with van der Waals surface area (Å²) in [5, 5.41) is 3.55. The van der Waals surface area contributed by atoms with Crippen LogP contribution in [0.15, 0.2) is 36.7 Å². The molecule has 2 rings (SSSR count). The van der Waals surface area contributed by atoms with Crippen LogP contribution in [0.1, 0.15) is 43.3 Å². The van der Waals surface area contributed by atoms with Crippen molar-refractivity contribution in [3.63, 3.8) is 0 Å². The molecule has 1 aromatic heterocycles. The van der Waals surface area contributed by atoms with Gasteiger partial charge in [0.1, 0.15) is 0 Å². The van der Waals surface area contributed by atoms with Gasteiger partial charge in [-0.15, -0.1) is 0 Å². The van der Waals surface area contributed by atoms with E-state index in [1.54, 1.807) is 12.4 Å². The van der Waals surface area contributed by atoms with E-state index in [9.17, 15) is 0 Å². The third kappa shape index (κ3) is 3.31. The van der Waals surface area contributed by atoms with Crippen molar-refractivity contribution in [2.75, 3.05) is 5.32 Å². The van der Waals surface area contributed by atoms with Crippen molar-refractivity contribution in [3.05, 3.63) is 53.6 Å². The molecule has 2 aromatic rings. The number of anilines is 1. The smallest absolute Gasteiger partial charge is 0.0835 e. The van der Waals surface area contributed by atoms with Crippen LogP contribution in [0.5, 0.6) is 0 Å². The van der Waals surface area contributed by atoms with Gasteiger partial charge < -0.3 is 5.32 Å². The lowest BCUT2D eigenvalue weighted by Crippen LogP contribution is -2.12. The van der Waals surface area contributed by atoms with Gasteiger partial charge in [0.15, 0.2) is 0 Å². The largest absolute Gasteiger partial charge is 0.377 e. The summed E-state index contributed by atoms with van der Waals surface area (Å²) in [6.45, 7) is 6.32. The Hall–Kier alpha value is -1.90. The summed E-state index contributed by atoms with van der Waals surface area (Å²) in [6.07, 6.45) is 5.72. The van der Waals surface area contributed by atoms with Gasteiger partial charge in [-0.05, 0) is 31.9 Å². The fourth-order valence-corrected chi connectivity index (χ4v) is 2.29. The van der Waals surface area contributed by atoms with Gasteiger partial charge in [0.05, 0.1) is 17.4 Å². The highest BCUT2D eigenvalue weighted by atomic mass is 15.0. The highest BCUT2D eigenvalue weighted by Crippen LogP contribution is 2.23. The fourth-order valence-electron chi connectivity index (χ4n) is 2.29. The van der Waals surface area contributed by atoms with Gasteiger partial charge in [-0.2, -0.15) is 0 Å². The molecule has 1 aromatic carbocycles. The van der Waals surface area contributed by atoms with Crippen molar-refractivity contribution < 1.29 is 0 Å². The van der Waals surface area contributed by atoms with E-state index in [0.29, 0.717) is 0 Å². The molecule has 100 valence electrons. The van der Waals surface area contributed by atoms with Gasteiger partial charge in [-0.25, -0.2) is 0 Å². The Labute approximate surface area is 115 Å². The van der Waals surface area contributed by atoms with E-state index in [-0.39, 0.29) is 6.04 Å². The molecule has 1 heterocycles. The molecule has 0 radical (unpaired) electrons. The number of hydrogen-bond acceptors (Lipinski definition) is 3. The van der Waals surface area contributed by atoms with Crippen molar-refractivity contribution in [2.24, 2.45) is 0 Å². The minimum atomic E-state index is 0.159. The Kier molecular flexibility index (Phi) is 4.50. The lowest BCUT2D eigenvalue weighted by atomic mass is 10.1. The highest BCUT2D eigenvalue weighted by molar-refractivity contribution is 5.52. The van der Waals surface area contributed by atoms with E-state index in [1.165, 1.54) is 11.3 Å². The summed E-state index contributed by atoms with van der Waals surface area (Å²) in [5.74, 6) is 0. The molecule has 0 aliphatic carbocycles. The van der Waals surface area contributed by atoms with Gasteiger partial charge >= 0.3 is 0 Å². The first-order valence-electron chi connectivity index (χ1n) is 6.84. The number of rotatable bonds is 5. The standard InChI is InChI=1S/C16H21N3/c1-4-7-14-8-5-6-9-15(14)19-13(3)16-12(2)17-10-11-18-16/h5-6,8-11,13,19H,4,7H2,1-3H3. The van der Waals surface area contributed by atoms with Crippen molar-refractivity contribution in [3.8, 4) is 0 Å². The molecule has 3 heteroatoms. The molecular formula is C16H21N3. The van der Waals surface area contributed by atoms with Crippen LogP contribution in [0.4, 0.5) is 5.69 Å². The first-order chi connectivity index (χ1) is 9.22. The molecule has 1 unspecified atom stereocenters. The predicted octanol–water partition coefficient (Wildman–Crippen LogP) is 3.91. The Balaban J connectivity index is 2.19. The molecule has 0 bridgehead atoms. The van der Waals surface area contributed by atoms with Crippen molar-refractivity contribution >= 4 is 5.69 Å². The summed E-state index contributed by atoms with van der Waals surface area (Å²) in [4.78, 5) is 8.72. The van der Waals surface area contributed by atoms with Gasteiger partial charge in [0, 0.05) is 18.1 Å². The van der Waals surface area contributed by atoms with Crippen molar-refractivity contribution in [1.29, 1.82) is 0 Å². The molecule has 0 aliphatic heterocycles. The third-order valence-electron chi connectivity index (χ3n) is 3.24. The molecule has 19 heavy (non-hydrogen) atoms. The van der Waals surface area contributed by atoms with Gasteiger partial charge in [-0.3, -0.25) is 9.97 Å². The monoisotopic (exact) mass is 255 g/mol. The van der Waals surface area contributed by atoms with Gasteiger partial charge in [-0.1, -0.05) is 31.5 Å². The van der Waals surface area contributed by atoms with Crippen molar-refractivity contribution in [2.45, 2.75) is 39.7 Å². The van der Waals surface area contributed by atoms with E-state index < -0.39 is 0 Å². The first-order valence-corrected chi connectivity index (χ1v) is 6.84. The van der Waals surface area contributed by atoms with E-state index >= 15 is 0 Å². The number of nitrogens with zero attached hydrogens (tertiary/aromatic N) is 2. The summed E-state index contributed by atoms with van der Waals surface area (Å²) in [6, 6.07) is 8.63. The summed E-state index contributed by atoms with van der Waals surface area (Å²) in [5.41, 5.74) is 4.55.